The molecule has 74 valence electrons. The van der Waals surface area contributed by atoms with Crippen LogP contribution in [0, 0.1) is 0 Å². The fraction of sp³-hybridized carbons (Fsp3) is 0.429. The first-order valence-corrected chi connectivity index (χ1v) is 4.63. The van der Waals surface area contributed by atoms with E-state index in [0.717, 1.165) is 11.3 Å². The van der Waals surface area contributed by atoms with E-state index >= 15 is 0 Å². The molecule has 0 amide bonds. The first kappa shape index (κ1) is 10.8. The highest BCUT2D eigenvalue weighted by Gasteiger charge is 2.38. The molecule has 13 heavy (non-hydrogen) atoms. The Morgan fingerprint density at radius 3 is 2.54 bits per heavy atom. The Balaban J connectivity index is 2.65. The summed E-state index contributed by atoms with van der Waals surface area (Å²) >= 11 is 6.67. The van der Waals surface area contributed by atoms with Crippen molar-refractivity contribution < 1.29 is 18.3 Å². The number of hydrogen-bond donors (Lipinski definition) is 1. The fourth-order valence-corrected chi connectivity index (χ4v) is 1.91. The van der Waals surface area contributed by atoms with Crippen LogP contribution in [0.5, 0.6) is 0 Å². The minimum absolute atomic E-state index is 0.272. The summed E-state index contributed by atoms with van der Waals surface area (Å²) in [6.07, 6.45) is -7.38. The standard InChI is InChI=1S/C7H6ClF3OS/c8-4-1-2-13-5(4)3-6(12)7(9,10)11/h1-2,6,12H,3H2. The number of aliphatic hydroxyl groups excluding tert-OH is 1. The number of rotatable bonds is 2. The summed E-state index contributed by atoms with van der Waals surface area (Å²) in [5.41, 5.74) is 0. The second kappa shape index (κ2) is 3.86. The van der Waals surface area contributed by atoms with Crippen molar-refractivity contribution in [2.75, 3.05) is 0 Å². The number of halogens is 4. The van der Waals surface area contributed by atoms with Gasteiger partial charge in [-0.15, -0.1) is 11.3 Å². The molecule has 1 aromatic rings. The molecule has 1 atom stereocenters. The fourth-order valence-electron chi connectivity index (χ4n) is 0.762. The molecule has 0 saturated heterocycles. The molecule has 1 rings (SSSR count). The maximum atomic E-state index is 11.9. The number of alkyl halides is 3. The molecule has 0 aliphatic carbocycles. The van der Waals surface area contributed by atoms with Gasteiger partial charge in [-0.05, 0) is 11.4 Å². The third-order valence-corrected chi connectivity index (χ3v) is 2.86. The summed E-state index contributed by atoms with van der Waals surface area (Å²) in [6, 6.07) is 1.50. The van der Waals surface area contributed by atoms with Crippen LogP contribution in [-0.2, 0) is 6.42 Å². The molecule has 1 nitrogen and oxygen atoms in total. The number of aliphatic hydroxyl groups is 1. The summed E-state index contributed by atoms with van der Waals surface area (Å²) in [6.45, 7) is 0. The van der Waals surface area contributed by atoms with Crippen molar-refractivity contribution in [2.24, 2.45) is 0 Å². The maximum Gasteiger partial charge on any atom is 0.414 e. The Morgan fingerprint density at radius 2 is 2.15 bits per heavy atom. The lowest BCUT2D eigenvalue weighted by Gasteiger charge is -2.13. The van der Waals surface area contributed by atoms with E-state index in [9.17, 15) is 13.2 Å². The summed E-state index contributed by atoms with van der Waals surface area (Å²) in [7, 11) is 0. The van der Waals surface area contributed by atoms with Gasteiger partial charge in [-0.3, -0.25) is 0 Å². The molecule has 0 radical (unpaired) electrons. The van der Waals surface area contributed by atoms with E-state index in [0.29, 0.717) is 4.88 Å². The van der Waals surface area contributed by atoms with E-state index in [-0.39, 0.29) is 5.02 Å². The molecule has 0 aliphatic heterocycles. The van der Waals surface area contributed by atoms with Crippen molar-refractivity contribution in [2.45, 2.75) is 18.7 Å². The van der Waals surface area contributed by atoms with Gasteiger partial charge in [-0.1, -0.05) is 11.6 Å². The molecule has 0 spiro atoms. The smallest absolute Gasteiger partial charge is 0.383 e. The summed E-state index contributed by atoms with van der Waals surface area (Å²) in [5, 5.41) is 10.6. The Kier molecular flexibility index (Phi) is 3.21. The van der Waals surface area contributed by atoms with Gasteiger partial charge in [-0.25, -0.2) is 0 Å². The van der Waals surface area contributed by atoms with Crippen molar-refractivity contribution in [3.05, 3.63) is 21.3 Å². The third-order valence-electron chi connectivity index (χ3n) is 1.45. The average molecular weight is 231 g/mol. The zero-order chi connectivity index (χ0) is 10.1. The molecule has 0 aromatic carbocycles. The average Bonchev–Trinajstić information content (AvgIpc) is 2.34. The molecule has 0 fully saturated rings. The van der Waals surface area contributed by atoms with Crippen molar-refractivity contribution in [1.82, 2.24) is 0 Å². The quantitative estimate of drug-likeness (QED) is 0.828. The predicted molar refractivity (Wildman–Crippen MR) is 45.1 cm³/mol. The topological polar surface area (TPSA) is 20.2 Å². The van der Waals surface area contributed by atoms with Crippen LogP contribution < -0.4 is 0 Å². The van der Waals surface area contributed by atoms with Crippen molar-refractivity contribution >= 4 is 22.9 Å². The molecule has 1 aromatic heterocycles. The zero-order valence-electron chi connectivity index (χ0n) is 6.31. The molecule has 0 aliphatic rings. The van der Waals surface area contributed by atoms with Crippen LogP contribution in [0.15, 0.2) is 11.4 Å². The van der Waals surface area contributed by atoms with Crippen molar-refractivity contribution in [3.8, 4) is 0 Å². The predicted octanol–water partition coefficient (Wildman–Crippen LogP) is 2.87. The van der Waals surface area contributed by atoms with Crippen molar-refractivity contribution in [3.63, 3.8) is 0 Å². The Labute approximate surface area is 81.8 Å². The van der Waals surface area contributed by atoms with Gasteiger partial charge in [0.15, 0.2) is 6.10 Å². The summed E-state index contributed by atoms with van der Waals surface area (Å²) in [4.78, 5) is 0.353. The lowest BCUT2D eigenvalue weighted by molar-refractivity contribution is -0.202. The summed E-state index contributed by atoms with van der Waals surface area (Å²) in [5.74, 6) is 0. The maximum absolute atomic E-state index is 11.9. The third kappa shape index (κ3) is 2.86. The largest absolute Gasteiger partial charge is 0.414 e. The van der Waals surface area contributed by atoms with E-state index in [1.807, 2.05) is 0 Å². The van der Waals surface area contributed by atoms with Gasteiger partial charge >= 0.3 is 6.18 Å². The van der Waals surface area contributed by atoms with Gasteiger partial charge in [0.1, 0.15) is 0 Å². The van der Waals surface area contributed by atoms with Gasteiger partial charge in [0.05, 0.1) is 5.02 Å². The minimum Gasteiger partial charge on any atom is -0.383 e. The second-order valence-electron chi connectivity index (χ2n) is 2.45. The van der Waals surface area contributed by atoms with Gasteiger partial charge in [0.2, 0.25) is 0 Å². The van der Waals surface area contributed by atoms with Crippen LogP contribution in [0.2, 0.25) is 5.02 Å². The van der Waals surface area contributed by atoms with Gasteiger partial charge in [-0.2, -0.15) is 13.2 Å². The van der Waals surface area contributed by atoms with E-state index in [4.69, 9.17) is 16.7 Å². The Bertz CT molecular complexity index is 284. The van der Waals surface area contributed by atoms with E-state index in [2.05, 4.69) is 0 Å². The Hall–Kier alpha value is -0.260. The van der Waals surface area contributed by atoms with Crippen LogP contribution in [0.4, 0.5) is 13.2 Å². The molecule has 1 heterocycles. The van der Waals surface area contributed by atoms with Gasteiger partial charge in [0.25, 0.3) is 0 Å². The van der Waals surface area contributed by atoms with E-state index < -0.39 is 18.7 Å². The van der Waals surface area contributed by atoms with Crippen LogP contribution in [-0.4, -0.2) is 17.4 Å². The highest BCUT2D eigenvalue weighted by Crippen LogP contribution is 2.28. The summed E-state index contributed by atoms with van der Waals surface area (Å²) < 4.78 is 35.7. The molecule has 0 saturated carbocycles. The van der Waals surface area contributed by atoms with E-state index in [1.165, 1.54) is 6.07 Å². The van der Waals surface area contributed by atoms with Crippen LogP contribution >= 0.6 is 22.9 Å². The highest BCUT2D eigenvalue weighted by atomic mass is 35.5. The van der Waals surface area contributed by atoms with E-state index in [1.54, 1.807) is 5.38 Å². The van der Waals surface area contributed by atoms with Gasteiger partial charge < -0.3 is 5.11 Å². The minimum atomic E-state index is -4.58. The van der Waals surface area contributed by atoms with Crippen LogP contribution in [0.3, 0.4) is 0 Å². The zero-order valence-corrected chi connectivity index (χ0v) is 7.88. The van der Waals surface area contributed by atoms with Gasteiger partial charge in [0, 0.05) is 11.3 Å². The second-order valence-corrected chi connectivity index (χ2v) is 3.86. The Morgan fingerprint density at radius 1 is 1.54 bits per heavy atom. The molecule has 1 unspecified atom stereocenters. The molecule has 0 bridgehead atoms. The molecular formula is C7H6ClF3OS. The lowest BCUT2D eigenvalue weighted by atomic mass is 10.2. The number of thiophene rings is 1. The molecule has 6 heteroatoms. The first-order valence-electron chi connectivity index (χ1n) is 3.38. The lowest BCUT2D eigenvalue weighted by Crippen LogP contribution is -2.30. The number of hydrogen-bond acceptors (Lipinski definition) is 2. The molecule has 1 N–H and O–H groups in total. The SMILES string of the molecule is OC(Cc1sccc1Cl)C(F)(F)F. The molecular weight excluding hydrogens is 225 g/mol. The first-order chi connectivity index (χ1) is 5.91. The van der Waals surface area contributed by atoms with Crippen molar-refractivity contribution in [1.29, 1.82) is 0 Å². The highest BCUT2D eigenvalue weighted by molar-refractivity contribution is 7.10. The normalized spacial score (nSPS) is 14.5. The van der Waals surface area contributed by atoms with Crippen LogP contribution in [0.1, 0.15) is 4.88 Å². The monoisotopic (exact) mass is 230 g/mol. The van der Waals surface area contributed by atoms with Crippen LogP contribution in [0.25, 0.3) is 0 Å².